The number of aromatic nitrogens is 1. The van der Waals surface area contributed by atoms with E-state index in [4.69, 9.17) is 0 Å². The lowest BCUT2D eigenvalue weighted by atomic mass is 9.88. The van der Waals surface area contributed by atoms with Gasteiger partial charge < -0.3 is 10.6 Å². The molecule has 3 heterocycles. The van der Waals surface area contributed by atoms with Crippen molar-refractivity contribution in [2.75, 3.05) is 31.5 Å². The van der Waals surface area contributed by atoms with Crippen LogP contribution in [-0.4, -0.2) is 42.0 Å². The van der Waals surface area contributed by atoms with Crippen LogP contribution in [0.4, 0.5) is 5.13 Å². The van der Waals surface area contributed by atoms with E-state index in [1.165, 1.54) is 43.7 Å². The molecule has 1 unspecified atom stereocenters. The molecule has 2 saturated heterocycles. The zero-order valence-electron chi connectivity index (χ0n) is 12.6. The molecule has 0 aromatic carbocycles. The van der Waals surface area contributed by atoms with E-state index in [9.17, 15) is 4.79 Å². The highest BCUT2D eigenvalue weighted by molar-refractivity contribution is 7.13. The molecule has 2 N–H and O–H groups in total. The first-order valence-corrected chi connectivity index (χ1v) is 8.78. The second kappa shape index (κ2) is 6.85. The quantitative estimate of drug-likeness (QED) is 0.872. The summed E-state index contributed by atoms with van der Waals surface area (Å²) in [5, 5.41) is 8.99. The average molecular weight is 308 g/mol. The normalized spacial score (nSPS) is 21.8. The zero-order valence-corrected chi connectivity index (χ0v) is 13.4. The Morgan fingerprint density at radius 2 is 2.24 bits per heavy atom. The van der Waals surface area contributed by atoms with Gasteiger partial charge in [0.05, 0.1) is 5.69 Å². The van der Waals surface area contributed by atoms with Crippen molar-refractivity contribution in [3.8, 4) is 0 Å². The van der Waals surface area contributed by atoms with Crippen LogP contribution in [-0.2, 0) is 11.3 Å². The minimum Gasteiger partial charge on any atom is -0.316 e. The fraction of sp³-hybridized carbons (Fsp3) is 0.733. The largest absolute Gasteiger partial charge is 0.316 e. The molecule has 0 spiro atoms. The van der Waals surface area contributed by atoms with E-state index in [-0.39, 0.29) is 11.8 Å². The second-order valence-electron chi connectivity index (χ2n) is 6.18. The maximum atomic E-state index is 12.2. The van der Waals surface area contributed by atoms with Crippen molar-refractivity contribution < 1.29 is 4.79 Å². The number of carbonyl (C=O) groups is 1. The Labute approximate surface area is 130 Å². The molecule has 2 fully saturated rings. The van der Waals surface area contributed by atoms with Gasteiger partial charge in [0.25, 0.3) is 0 Å². The lowest BCUT2D eigenvalue weighted by Gasteiger charge is -2.31. The van der Waals surface area contributed by atoms with Gasteiger partial charge in [0.15, 0.2) is 5.13 Å². The Hall–Kier alpha value is -0.980. The van der Waals surface area contributed by atoms with Crippen LogP contribution in [0.25, 0.3) is 0 Å². The monoisotopic (exact) mass is 308 g/mol. The summed E-state index contributed by atoms with van der Waals surface area (Å²) in [5.74, 6) is 0.624. The number of amides is 1. The Morgan fingerprint density at radius 3 is 2.90 bits per heavy atom. The smallest absolute Gasteiger partial charge is 0.229 e. The van der Waals surface area contributed by atoms with E-state index < -0.39 is 0 Å². The molecule has 0 saturated carbocycles. The molecule has 2 aliphatic rings. The highest BCUT2D eigenvalue weighted by atomic mass is 32.1. The molecule has 0 bridgehead atoms. The molecule has 1 aromatic rings. The molecule has 5 nitrogen and oxygen atoms in total. The van der Waals surface area contributed by atoms with Gasteiger partial charge in [-0.15, -0.1) is 11.3 Å². The minimum absolute atomic E-state index is 0.0562. The van der Waals surface area contributed by atoms with Gasteiger partial charge in [0.2, 0.25) is 5.91 Å². The summed E-state index contributed by atoms with van der Waals surface area (Å²) in [6, 6.07) is 0. The number of nitrogens with zero attached hydrogens (tertiary/aromatic N) is 2. The Balaban J connectivity index is 1.50. The van der Waals surface area contributed by atoms with Crippen molar-refractivity contribution in [2.24, 2.45) is 11.8 Å². The SMILES string of the molecule is CC(C(=O)Nc1nc(CN2CCCCC2)cs1)C1CNC1. The molecule has 2 aliphatic heterocycles. The molecular formula is C15H24N4OS. The third-order valence-corrected chi connectivity index (χ3v) is 5.36. The van der Waals surface area contributed by atoms with Crippen LogP contribution in [0, 0.1) is 11.8 Å². The van der Waals surface area contributed by atoms with Crippen molar-refractivity contribution in [3.63, 3.8) is 0 Å². The van der Waals surface area contributed by atoms with Gasteiger partial charge in [-0.3, -0.25) is 9.69 Å². The topological polar surface area (TPSA) is 57.3 Å². The van der Waals surface area contributed by atoms with Crippen LogP contribution in [0.5, 0.6) is 0 Å². The van der Waals surface area contributed by atoms with Gasteiger partial charge in [0.1, 0.15) is 0 Å². The number of thiazole rings is 1. The van der Waals surface area contributed by atoms with Crippen molar-refractivity contribution in [1.82, 2.24) is 15.2 Å². The molecule has 0 radical (unpaired) electrons. The van der Waals surface area contributed by atoms with E-state index in [1.807, 2.05) is 6.92 Å². The average Bonchev–Trinajstić information content (AvgIpc) is 2.85. The van der Waals surface area contributed by atoms with Gasteiger partial charge in [-0.25, -0.2) is 4.98 Å². The first kappa shape index (κ1) is 14.9. The van der Waals surface area contributed by atoms with E-state index in [0.29, 0.717) is 5.92 Å². The van der Waals surface area contributed by atoms with Gasteiger partial charge >= 0.3 is 0 Å². The van der Waals surface area contributed by atoms with Gasteiger partial charge in [0, 0.05) is 17.8 Å². The van der Waals surface area contributed by atoms with E-state index in [0.717, 1.165) is 30.5 Å². The summed E-state index contributed by atoms with van der Waals surface area (Å²) in [4.78, 5) is 19.2. The summed E-state index contributed by atoms with van der Waals surface area (Å²) in [6.45, 7) is 7.16. The molecule has 6 heteroatoms. The van der Waals surface area contributed by atoms with Crippen molar-refractivity contribution in [3.05, 3.63) is 11.1 Å². The summed E-state index contributed by atoms with van der Waals surface area (Å²) in [7, 11) is 0. The molecule has 116 valence electrons. The third-order valence-electron chi connectivity index (χ3n) is 4.55. The summed E-state index contributed by atoms with van der Waals surface area (Å²) in [6.07, 6.45) is 3.93. The Kier molecular flexibility index (Phi) is 4.87. The number of hydrogen-bond donors (Lipinski definition) is 2. The zero-order chi connectivity index (χ0) is 14.7. The maximum Gasteiger partial charge on any atom is 0.229 e. The highest BCUT2D eigenvalue weighted by Crippen LogP contribution is 2.22. The molecule has 0 aliphatic carbocycles. The van der Waals surface area contributed by atoms with Crippen molar-refractivity contribution in [2.45, 2.75) is 32.7 Å². The number of anilines is 1. The number of piperidine rings is 1. The predicted octanol–water partition coefficient (Wildman–Crippen LogP) is 1.92. The van der Waals surface area contributed by atoms with Crippen molar-refractivity contribution >= 4 is 22.4 Å². The van der Waals surface area contributed by atoms with Crippen LogP contribution in [0.15, 0.2) is 5.38 Å². The summed E-state index contributed by atoms with van der Waals surface area (Å²) >= 11 is 1.54. The minimum atomic E-state index is 0.0562. The number of hydrogen-bond acceptors (Lipinski definition) is 5. The standard InChI is InChI=1S/C15H24N4OS/c1-11(12-7-16-8-12)14(20)18-15-17-13(10-21-15)9-19-5-3-2-4-6-19/h10-12,16H,2-9H2,1H3,(H,17,18,20). The first-order valence-electron chi connectivity index (χ1n) is 7.91. The molecule has 3 rings (SSSR count). The van der Waals surface area contributed by atoms with Gasteiger partial charge in [-0.05, 0) is 44.9 Å². The molecule has 1 atom stereocenters. The van der Waals surface area contributed by atoms with Crippen LogP contribution >= 0.6 is 11.3 Å². The predicted molar refractivity (Wildman–Crippen MR) is 85.4 cm³/mol. The fourth-order valence-electron chi connectivity index (χ4n) is 2.88. The Bertz CT molecular complexity index is 480. The van der Waals surface area contributed by atoms with Crippen LogP contribution in [0.1, 0.15) is 31.9 Å². The fourth-order valence-corrected chi connectivity index (χ4v) is 3.59. The molecule has 1 amide bonds. The van der Waals surface area contributed by atoms with E-state index in [2.05, 4.69) is 25.9 Å². The van der Waals surface area contributed by atoms with E-state index in [1.54, 1.807) is 0 Å². The van der Waals surface area contributed by atoms with Crippen molar-refractivity contribution in [1.29, 1.82) is 0 Å². The van der Waals surface area contributed by atoms with Crippen LogP contribution < -0.4 is 10.6 Å². The Morgan fingerprint density at radius 1 is 1.48 bits per heavy atom. The number of nitrogens with one attached hydrogen (secondary N) is 2. The molecule has 21 heavy (non-hydrogen) atoms. The highest BCUT2D eigenvalue weighted by Gasteiger charge is 2.29. The third kappa shape index (κ3) is 3.81. The lowest BCUT2D eigenvalue weighted by Crippen LogP contribution is -2.48. The number of carbonyl (C=O) groups excluding carboxylic acids is 1. The summed E-state index contributed by atoms with van der Waals surface area (Å²) in [5.41, 5.74) is 1.08. The molecular weight excluding hydrogens is 284 g/mol. The van der Waals surface area contributed by atoms with Crippen LogP contribution in [0.2, 0.25) is 0 Å². The lowest BCUT2D eigenvalue weighted by molar-refractivity contribution is -0.121. The van der Waals surface area contributed by atoms with Gasteiger partial charge in [-0.2, -0.15) is 0 Å². The van der Waals surface area contributed by atoms with Crippen LogP contribution in [0.3, 0.4) is 0 Å². The second-order valence-corrected chi connectivity index (χ2v) is 7.04. The first-order chi connectivity index (χ1) is 10.2. The van der Waals surface area contributed by atoms with E-state index >= 15 is 0 Å². The van der Waals surface area contributed by atoms with Gasteiger partial charge in [-0.1, -0.05) is 13.3 Å². The number of rotatable bonds is 5. The maximum absolute atomic E-state index is 12.2. The summed E-state index contributed by atoms with van der Waals surface area (Å²) < 4.78 is 0. The molecule has 1 aromatic heterocycles. The number of likely N-dealkylation sites (tertiary alicyclic amines) is 1.